The van der Waals surface area contributed by atoms with Gasteiger partial charge in [-0.1, -0.05) is 18.2 Å². The Balaban J connectivity index is 2.00. The normalized spacial score (nSPS) is 10.2. The van der Waals surface area contributed by atoms with Crippen molar-refractivity contribution in [1.29, 1.82) is 0 Å². The number of aromatic nitrogens is 1. The first-order chi connectivity index (χ1) is 8.29. The zero-order valence-corrected chi connectivity index (χ0v) is 9.34. The van der Waals surface area contributed by atoms with Gasteiger partial charge in [0, 0.05) is 11.8 Å². The molecule has 17 heavy (non-hydrogen) atoms. The Labute approximate surface area is 99.7 Å². The largest absolute Gasteiger partial charge is 0.489 e. The van der Waals surface area contributed by atoms with E-state index in [2.05, 4.69) is 4.98 Å². The lowest BCUT2D eigenvalue weighted by Crippen LogP contribution is -2.01. The molecule has 0 aliphatic carbocycles. The highest BCUT2D eigenvalue weighted by Gasteiger charge is 2.00. The van der Waals surface area contributed by atoms with E-state index in [0.29, 0.717) is 12.4 Å². The molecule has 1 aromatic heterocycles. The second-order valence-electron chi connectivity index (χ2n) is 3.64. The van der Waals surface area contributed by atoms with E-state index in [1.807, 2.05) is 36.4 Å². The van der Waals surface area contributed by atoms with Crippen molar-refractivity contribution in [3.8, 4) is 5.75 Å². The molecule has 4 nitrogen and oxygen atoms in total. The SMILES string of the molecule is Nc1ncccc1COc1ccc(CO)cc1. The molecule has 0 spiro atoms. The minimum Gasteiger partial charge on any atom is -0.489 e. The molecule has 4 heteroatoms. The Morgan fingerprint density at radius 3 is 2.59 bits per heavy atom. The number of hydrogen-bond acceptors (Lipinski definition) is 4. The summed E-state index contributed by atoms with van der Waals surface area (Å²) in [6.07, 6.45) is 1.65. The quantitative estimate of drug-likeness (QED) is 0.839. The third-order valence-corrected chi connectivity index (χ3v) is 2.43. The summed E-state index contributed by atoms with van der Waals surface area (Å²) >= 11 is 0. The number of benzene rings is 1. The number of nitrogens with zero attached hydrogens (tertiary/aromatic N) is 1. The fourth-order valence-electron chi connectivity index (χ4n) is 1.43. The van der Waals surface area contributed by atoms with Gasteiger partial charge in [-0.15, -0.1) is 0 Å². The second-order valence-corrected chi connectivity index (χ2v) is 3.64. The average molecular weight is 230 g/mol. The molecule has 0 bridgehead atoms. The Morgan fingerprint density at radius 1 is 1.18 bits per heavy atom. The van der Waals surface area contributed by atoms with Crippen molar-refractivity contribution in [1.82, 2.24) is 4.98 Å². The molecular formula is C13H14N2O2. The Morgan fingerprint density at radius 2 is 1.94 bits per heavy atom. The summed E-state index contributed by atoms with van der Waals surface area (Å²) in [7, 11) is 0. The maximum absolute atomic E-state index is 8.91. The summed E-state index contributed by atoms with van der Waals surface area (Å²) in [5.41, 5.74) is 7.43. The van der Waals surface area contributed by atoms with Crippen LogP contribution >= 0.6 is 0 Å². The van der Waals surface area contributed by atoms with Gasteiger partial charge in [-0.3, -0.25) is 0 Å². The zero-order chi connectivity index (χ0) is 12.1. The predicted molar refractivity (Wildman–Crippen MR) is 65.3 cm³/mol. The maximum Gasteiger partial charge on any atom is 0.129 e. The maximum atomic E-state index is 8.91. The van der Waals surface area contributed by atoms with Crippen LogP contribution in [0, 0.1) is 0 Å². The van der Waals surface area contributed by atoms with Gasteiger partial charge in [0.1, 0.15) is 18.2 Å². The first-order valence-corrected chi connectivity index (χ1v) is 5.31. The van der Waals surface area contributed by atoms with Crippen molar-refractivity contribution in [3.63, 3.8) is 0 Å². The molecule has 0 atom stereocenters. The van der Waals surface area contributed by atoms with E-state index in [1.165, 1.54) is 0 Å². The summed E-state index contributed by atoms with van der Waals surface area (Å²) in [6, 6.07) is 11.0. The van der Waals surface area contributed by atoms with Crippen molar-refractivity contribution < 1.29 is 9.84 Å². The molecule has 0 radical (unpaired) electrons. The predicted octanol–water partition coefficient (Wildman–Crippen LogP) is 1.74. The summed E-state index contributed by atoms with van der Waals surface area (Å²) < 4.78 is 5.57. The van der Waals surface area contributed by atoms with E-state index >= 15 is 0 Å². The fraction of sp³-hybridized carbons (Fsp3) is 0.154. The summed E-state index contributed by atoms with van der Waals surface area (Å²) in [6.45, 7) is 0.425. The molecule has 88 valence electrons. The van der Waals surface area contributed by atoms with Crippen LogP contribution in [0.3, 0.4) is 0 Å². The first-order valence-electron chi connectivity index (χ1n) is 5.31. The highest BCUT2D eigenvalue weighted by Crippen LogP contribution is 2.15. The smallest absolute Gasteiger partial charge is 0.129 e. The van der Waals surface area contributed by atoms with Gasteiger partial charge in [0.15, 0.2) is 0 Å². The van der Waals surface area contributed by atoms with Gasteiger partial charge in [-0.2, -0.15) is 0 Å². The van der Waals surface area contributed by atoms with E-state index in [-0.39, 0.29) is 6.61 Å². The summed E-state index contributed by atoms with van der Waals surface area (Å²) in [5, 5.41) is 8.91. The molecule has 0 saturated carbocycles. The van der Waals surface area contributed by atoms with Crippen LogP contribution in [-0.4, -0.2) is 10.1 Å². The number of ether oxygens (including phenoxy) is 1. The lowest BCUT2D eigenvalue weighted by molar-refractivity contribution is 0.280. The minimum atomic E-state index is 0.0375. The van der Waals surface area contributed by atoms with Crippen LogP contribution in [0.1, 0.15) is 11.1 Å². The fourth-order valence-corrected chi connectivity index (χ4v) is 1.43. The summed E-state index contributed by atoms with van der Waals surface area (Å²) in [5.74, 6) is 1.23. The molecule has 0 aliphatic rings. The number of rotatable bonds is 4. The highest BCUT2D eigenvalue weighted by atomic mass is 16.5. The number of hydrogen-bond donors (Lipinski definition) is 2. The van der Waals surface area contributed by atoms with Gasteiger partial charge < -0.3 is 15.6 Å². The number of nitrogens with two attached hydrogens (primary N) is 1. The van der Waals surface area contributed by atoms with Crippen molar-refractivity contribution in [2.45, 2.75) is 13.2 Å². The van der Waals surface area contributed by atoms with Gasteiger partial charge >= 0.3 is 0 Å². The molecule has 0 unspecified atom stereocenters. The lowest BCUT2D eigenvalue weighted by atomic mass is 10.2. The zero-order valence-electron chi connectivity index (χ0n) is 9.34. The van der Waals surface area contributed by atoms with Crippen LogP contribution in [0.4, 0.5) is 5.82 Å². The van der Waals surface area contributed by atoms with Gasteiger partial charge in [0.05, 0.1) is 6.61 Å². The third kappa shape index (κ3) is 2.95. The van der Waals surface area contributed by atoms with Crippen LogP contribution in [0.2, 0.25) is 0 Å². The molecule has 3 N–H and O–H groups in total. The van der Waals surface area contributed by atoms with Crippen LogP contribution in [-0.2, 0) is 13.2 Å². The number of aliphatic hydroxyl groups excluding tert-OH is 1. The van der Waals surface area contributed by atoms with Gasteiger partial charge in [-0.25, -0.2) is 4.98 Å². The van der Waals surface area contributed by atoms with Crippen LogP contribution in [0.25, 0.3) is 0 Å². The molecule has 0 saturated heterocycles. The highest BCUT2D eigenvalue weighted by molar-refractivity contribution is 5.38. The van der Waals surface area contributed by atoms with Crippen LogP contribution < -0.4 is 10.5 Å². The summed E-state index contributed by atoms with van der Waals surface area (Å²) in [4.78, 5) is 3.98. The number of aliphatic hydroxyl groups is 1. The third-order valence-electron chi connectivity index (χ3n) is 2.43. The van der Waals surface area contributed by atoms with E-state index in [9.17, 15) is 0 Å². The number of nitrogen functional groups attached to an aromatic ring is 1. The van der Waals surface area contributed by atoms with E-state index < -0.39 is 0 Å². The molecule has 0 aliphatic heterocycles. The van der Waals surface area contributed by atoms with Gasteiger partial charge in [-0.05, 0) is 23.8 Å². The van der Waals surface area contributed by atoms with Gasteiger partial charge in [0.25, 0.3) is 0 Å². The molecule has 2 rings (SSSR count). The number of pyridine rings is 1. The Hall–Kier alpha value is -2.07. The molecule has 1 aromatic carbocycles. The molecule has 0 fully saturated rings. The topological polar surface area (TPSA) is 68.4 Å². The first kappa shape index (κ1) is 11.4. The van der Waals surface area contributed by atoms with Crippen molar-refractivity contribution >= 4 is 5.82 Å². The van der Waals surface area contributed by atoms with Crippen LogP contribution in [0.15, 0.2) is 42.6 Å². The molecule has 0 amide bonds. The molecular weight excluding hydrogens is 216 g/mol. The monoisotopic (exact) mass is 230 g/mol. The Bertz CT molecular complexity index is 483. The van der Waals surface area contributed by atoms with Crippen molar-refractivity contribution in [2.75, 3.05) is 5.73 Å². The van der Waals surface area contributed by atoms with E-state index in [1.54, 1.807) is 6.20 Å². The lowest BCUT2D eigenvalue weighted by Gasteiger charge is -2.08. The van der Waals surface area contributed by atoms with Crippen molar-refractivity contribution in [2.24, 2.45) is 0 Å². The standard InChI is InChI=1S/C13H14N2O2/c14-13-11(2-1-7-15-13)9-17-12-5-3-10(8-16)4-6-12/h1-7,16H,8-9H2,(H2,14,15). The average Bonchev–Trinajstić information content (AvgIpc) is 2.38. The molecule has 1 heterocycles. The van der Waals surface area contributed by atoms with Crippen LogP contribution in [0.5, 0.6) is 5.75 Å². The van der Waals surface area contributed by atoms with Crippen molar-refractivity contribution in [3.05, 3.63) is 53.7 Å². The second kappa shape index (κ2) is 5.32. The molecule has 2 aromatic rings. The minimum absolute atomic E-state index is 0.0375. The van der Waals surface area contributed by atoms with Gasteiger partial charge in [0.2, 0.25) is 0 Å². The number of anilines is 1. The van der Waals surface area contributed by atoms with E-state index in [4.69, 9.17) is 15.6 Å². The van der Waals surface area contributed by atoms with E-state index in [0.717, 1.165) is 16.9 Å². The Kier molecular flexibility index (Phi) is 3.57.